The number of nitrogens with one attached hydrogen (secondary N) is 1. The van der Waals surface area contributed by atoms with E-state index in [4.69, 9.17) is 11.6 Å². The Kier molecular flexibility index (Phi) is 5.42. The van der Waals surface area contributed by atoms with Crippen molar-refractivity contribution in [2.24, 2.45) is 0 Å². The van der Waals surface area contributed by atoms with Crippen LogP contribution >= 0.6 is 11.6 Å². The van der Waals surface area contributed by atoms with Gasteiger partial charge in [0.1, 0.15) is 6.07 Å². The van der Waals surface area contributed by atoms with E-state index in [1.165, 1.54) is 0 Å². The average Bonchev–Trinajstić information content (AvgIpc) is 2.67. The Labute approximate surface area is 152 Å². The van der Waals surface area contributed by atoms with Crippen LogP contribution in [0.4, 0.5) is 10.5 Å². The number of nitriles is 1. The fourth-order valence-electron chi connectivity index (χ4n) is 2.89. The lowest BCUT2D eigenvalue weighted by atomic mass is 10.1. The summed E-state index contributed by atoms with van der Waals surface area (Å²) in [7, 11) is 0. The van der Waals surface area contributed by atoms with E-state index in [9.17, 15) is 10.1 Å². The Balaban J connectivity index is 1.52. The van der Waals surface area contributed by atoms with Crippen LogP contribution in [0.2, 0.25) is 5.02 Å². The number of nitrogens with zero attached hydrogens (tertiary/aromatic N) is 3. The van der Waals surface area contributed by atoms with Gasteiger partial charge in [-0.15, -0.1) is 0 Å². The summed E-state index contributed by atoms with van der Waals surface area (Å²) in [6.45, 7) is 3.17. The first-order chi connectivity index (χ1) is 12.2. The number of hydrogen-bond acceptors (Lipinski definition) is 3. The molecule has 128 valence electrons. The largest absolute Gasteiger partial charge is 0.367 e. The van der Waals surface area contributed by atoms with E-state index in [2.05, 4.69) is 16.3 Å². The average molecular weight is 355 g/mol. The van der Waals surface area contributed by atoms with Gasteiger partial charge in [-0.3, -0.25) is 0 Å². The van der Waals surface area contributed by atoms with Crippen LogP contribution in [0.25, 0.3) is 0 Å². The van der Waals surface area contributed by atoms with Gasteiger partial charge in [0.15, 0.2) is 0 Å². The molecule has 0 radical (unpaired) electrons. The summed E-state index contributed by atoms with van der Waals surface area (Å²) in [4.78, 5) is 16.3. The summed E-state index contributed by atoms with van der Waals surface area (Å²) in [6, 6.07) is 17.2. The van der Waals surface area contributed by atoms with Crippen molar-refractivity contribution in [2.75, 3.05) is 31.1 Å². The molecule has 3 rings (SSSR count). The summed E-state index contributed by atoms with van der Waals surface area (Å²) in [6.07, 6.45) is 0. The molecule has 0 atom stereocenters. The fraction of sp³-hybridized carbons (Fsp3) is 0.263. The van der Waals surface area contributed by atoms with Gasteiger partial charge in [-0.1, -0.05) is 35.9 Å². The van der Waals surface area contributed by atoms with Crippen molar-refractivity contribution in [1.29, 1.82) is 5.26 Å². The summed E-state index contributed by atoms with van der Waals surface area (Å²) in [5.41, 5.74) is 2.62. The topological polar surface area (TPSA) is 59.4 Å². The van der Waals surface area contributed by atoms with E-state index in [1.54, 1.807) is 4.90 Å². The smallest absolute Gasteiger partial charge is 0.317 e. The molecule has 1 aliphatic heterocycles. The van der Waals surface area contributed by atoms with E-state index in [0.29, 0.717) is 43.3 Å². The molecule has 1 fully saturated rings. The molecule has 0 saturated carbocycles. The number of hydrogen-bond donors (Lipinski definition) is 1. The van der Waals surface area contributed by atoms with E-state index in [-0.39, 0.29) is 6.03 Å². The monoisotopic (exact) mass is 354 g/mol. The Bertz CT molecular complexity index is 777. The van der Waals surface area contributed by atoms with Crippen molar-refractivity contribution in [3.63, 3.8) is 0 Å². The van der Waals surface area contributed by atoms with Crippen LogP contribution in [0.1, 0.15) is 11.1 Å². The third-order valence-electron chi connectivity index (χ3n) is 4.29. The number of amides is 2. The molecule has 25 heavy (non-hydrogen) atoms. The highest BCUT2D eigenvalue weighted by atomic mass is 35.5. The summed E-state index contributed by atoms with van der Waals surface area (Å²) in [5.74, 6) is 0. The van der Waals surface area contributed by atoms with Gasteiger partial charge < -0.3 is 15.1 Å². The van der Waals surface area contributed by atoms with Gasteiger partial charge in [0.2, 0.25) is 0 Å². The summed E-state index contributed by atoms with van der Waals surface area (Å²) in [5, 5.41) is 12.8. The van der Waals surface area contributed by atoms with Crippen molar-refractivity contribution >= 4 is 23.3 Å². The minimum Gasteiger partial charge on any atom is -0.367 e. The zero-order valence-electron chi connectivity index (χ0n) is 13.8. The Morgan fingerprint density at radius 1 is 1.08 bits per heavy atom. The van der Waals surface area contributed by atoms with Crippen molar-refractivity contribution in [1.82, 2.24) is 10.2 Å². The number of rotatable bonds is 3. The van der Waals surface area contributed by atoms with Crippen LogP contribution in [-0.2, 0) is 6.54 Å². The lowest BCUT2D eigenvalue weighted by Gasteiger charge is -2.36. The van der Waals surface area contributed by atoms with Gasteiger partial charge >= 0.3 is 6.03 Å². The first kappa shape index (κ1) is 17.1. The predicted molar refractivity (Wildman–Crippen MR) is 98.6 cm³/mol. The van der Waals surface area contributed by atoms with Crippen LogP contribution < -0.4 is 10.2 Å². The van der Waals surface area contributed by atoms with E-state index in [0.717, 1.165) is 11.3 Å². The van der Waals surface area contributed by atoms with Crippen LogP contribution in [-0.4, -0.2) is 37.1 Å². The van der Waals surface area contributed by atoms with Crippen molar-refractivity contribution in [2.45, 2.75) is 6.54 Å². The number of carbonyl (C=O) groups is 1. The second-order valence-electron chi connectivity index (χ2n) is 5.89. The first-order valence-electron chi connectivity index (χ1n) is 8.18. The standard InChI is InChI=1S/C19H19ClN4O/c20-17-7-5-15(6-8-17)14-22-19(25)24-11-9-23(10-12-24)18-4-2-1-3-16(18)13-21/h1-8H,9-12,14H2,(H,22,25). The minimum atomic E-state index is -0.0665. The maximum Gasteiger partial charge on any atom is 0.317 e. The first-order valence-corrected chi connectivity index (χ1v) is 8.56. The lowest BCUT2D eigenvalue weighted by molar-refractivity contribution is 0.194. The highest BCUT2D eigenvalue weighted by Crippen LogP contribution is 2.21. The number of halogens is 1. The number of piperazine rings is 1. The summed E-state index contributed by atoms with van der Waals surface area (Å²) < 4.78 is 0. The minimum absolute atomic E-state index is 0.0665. The zero-order chi connectivity index (χ0) is 17.6. The maximum absolute atomic E-state index is 12.3. The van der Waals surface area contributed by atoms with E-state index < -0.39 is 0 Å². The molecule has 0 unspecified atom stereocenters. The molecule has 1 heterocycles. The van der Waals surface area contributed by atoms with E-state index >= 15 is 0 Å². The molecule has 0 aliphatic carbocycles. The number of para-hydroxylation sites is 1. The highest BCUT2D eigenvalue weighted by Gasteiger charge is 2.22. The number of benzene rings is 2. The van der Waals surface area contributed by atoms with Crippen molar-refractivity contribution in [3.05, 3.63) is 64.7 Å². The SMILES string of the molecule is N#Cc1ccccc1N1CCN(C(=O)NCc2ccc(Cl)cc2)CC1. The molecule has 2 aromatic rings. The van der Waals surface area contributed by atoms with Gasteiger partial charge in [0.05, 0.1) is 11.3 Å². The number of anilines is 1. The third-order valence-corrected chi connectivity index (χ3v) is 4.54. The van der Waals surface area contributed by atoms with Crippen molar-refractivity contribution < 1.29 is 4.79 Å². The normalized spacial score (nSPS) is 14.1. The Hall–Kier alpha value is -2.71. The molecular weight excluding hydrogens is 336 g/mol. The molecule has 0 aromatic heterocycles. The second kappa shape index (κ2) is 7.91. The molecule has 1 N–H and O–H groups in total. The number of urea groups is 1. The molecule has 5 nitrogen and oxygen atoms in total. The predicted octanol–water partition coefficient (Wildman–Crippen LogP) is 3.24. The molecule has 2 amide bonds. The van der Waals surface area contributed by atoms with E-state index in [1.807, 2.05) is 48.5 Å². The van der Waals surface area contributed by atoms with Crippen LogP contribution in [0.3, 0.4) is 0 Å². The Morgan fingerprint density at radius 3 is 2.44 bits per heavy atom. The molecule has 1 saturated heterocycles. The van der Waals surface area contributed by atoms with Crippen LogP contribution in [0.15, 0.2) is 48.5 Å². The molecule has 0 bridgehead atoms. The van der Waals surface area contributed by atoms with Gasteiger partial charge in [0, 0.05) is 37.7 Å². The van der Waals surface area contributed by atoms with Gasteiger partial charge in [-0.05, 0) is 29.8 Å². The third kappa shape index (κ3) is 4.23. The lowest BCUT2D eigenvalue weighted by Crippen LogP contribution is -2.51. The van der Waals surface area contributed by atoms with Gasteiger partial charge in [-0.25, -0.2) is 4.79 Å². The molecule has 6 heteroatoms. The van der Waals surface area contributed by atoms with Crippen molar-refractivity contribution in [3.8, 4) is 6.07 Å². The van der Waals surface area contributed by atoms with Crippen LogP contribution in [0.5, 0.6) is 0 Å². The molecule has 0 spiro atoms. The van der Waals surface area contributed by atoms with Gasteiger partial charge in [-0.2, -0.15) is 5.26 Å². The zero-order valence-corrected chi connectivity index (χ0v) is 14.5. The number of carbonyl (C=O) groups excluding carboxylic acids is 1. The van der Waals surface area contributed by atoms with Crippen LogP contribution in [0, 0.1) is 11.3 Å². The fourth-order valence-corrected chi connectivity index (χ4v) is 3.01. The van der Waals surface area contributed by atoms with Gasteiger partial charge in [0.25, 0.3) is 0 Å². The second-order valence-corrected chi connectivity index (χ2v) is 6.32. The quantitative estimate of drug-likeness (QED) is 0.920. The maximum atomic E-state index is 12.3. The summed E-state index contributed by atoms with van der Waals surface area (Å²) >= 11 is 5.86. The Morgan fingerprint density at radius 2 is 1.76 bits per heavy atom. The molecule has 2 aromatic carbocycles. The molecular formula is C19H19ClN4O. The highest BCUT2D eigenvalue weighted by molar-refractivity contribution is 6.30. The molecule has 1 aliphatic rings.